The van der Waals surface area contributed by atoms with Crippen LogP contribution in [0, 0.1) is 28.8 Å². The van der Waals surface area contributed by atoms with Crippen molar-refractivity contribution in [2.75, 3.05) is 6.61 Å². The van der Waals surface area contributed by atoms with Crippen LogP contribution in [0.1, 0.15) is 12.6 Å². The minimum atomic E-state index is -1.75. The normalized spacial score (nSPS) is 9.64. The summed E-state index contributed by atoms with van der Waals surface area (Å²) in [5.74, 6) is -5.58. The van der Waals surface area contributed by atoms with Gasteiger partial charge in [-0.05, 0) is 6.92 Å². The van der Waals surface area contributed by atoms with E-state index in [0.29, 0.717) is 0 Å². The Labute approximate surface area is 77.7 Å². The van der Waals surface area contributed by atoms with Gasteiger partial charge in [-0.15, -0.1) is 0 Å². The largest absolute Gasteiger partial charge is 0.476 e. The number of nitriles is 1. The van der Waals surface area contributed by atoms with Crippen LogP contribution in [0.15, 0.2) is 0 Å². The third-order valence-electron chi connectivity index (χ3n) is 1.38. The molecule has 74 valence electrons. The fraction of sp³-hybridized carbons (Fsp3) is 0.250. The van der Waals surface area contributed by atoms with Crippen LogP contribution in [-0.2, 0) is 0 Å². The molecule has 0 fully saturated rings. The van der Waals surface area contributed by atoms with E-state index in [4.69, 9.17) is 5.26 Å². The molecule has 0 amide bonds. The summed E-state index contributed by atoms with van der Waals surface area (Å²) >= 11 is 0. The summed E-state index contributed by atoms with van der Waals surface area (Å²) in [5, 5.41) is 8.33. The molecule has 0 unspecified atom stereocenters. The van der Waals surface area contributed by atoms with Gasteiger partial charge in [0, 0.05) is 0 Å². The number of hydrogen-bond donors (Lipinski definition) is 0. The topological polar surface area (TPSA) is 45.9 Å². The van der Waals surface area contributed by atoms with Crippen LogP contribution in [-0.4, -0.2) is 11.6 Å². The monoisotopic (exact) mass is 202 g/mol. The fourth-order valence-corrected chi connectivity index (χ4v) is 0.800. The van der Waals surface area contributed by atoms with Crippen LogP contribution in [0.2, 0.25) is 0 Å². The first-order valence-corrected chi connectivity index (χ1v) is 3.69. The summed E-state index contributed by atoms with van der Waals surface area (Å²) in [6, 6.07) is 1.29. The third-order valence-corrected chi connectivity index (χ3v) is 1.38. The minimum absolute atomic E-state index is 0.0415. The minimum Gasteiger partial charge on any atom is -0.476 e. The molecule has 0 aliphatic heterocycles. The molecule has 1 heterocycles. The van der Waals surface area contributed by atoms with Gasteiger partial charge in [0.15, 0.2) is 11.5 Å². The molecule has 1 rings (SSSR count). The molecule has 1 aromatic heterocycles. The maximum Gasteiger partial charge on any atom is 0.255 e. The average molecular weight is 202 g/mol. The fourth-order valence-electron chi connectivity index (χ4n) is 0.800. The second kappa shape index (κ2) is 3.96. The zero-order valence-electron chi connectivity index (χ0n) is 7.14. The quantitative estimate of drug-likeness (QED) is 0.734. The van der Waals surface area contributed by atoms with Crippen molar-refractivity contribution in [3.8, 4) is 11.9 Å². The molecule has 0 saturated carbocycles. The molecule has 0 aliphatic carbocycles. The first kappa shape index (κ1) is 10.3. The summed E-state index contributed by atoms with van der Waals surface area (Å²) in [4.78, 5) is 3.17. The van der Waals surface area contributed by atoms with Gasteiger partial charge in [-0.25, -0.2) is 8.78 Å². The number of aromatic nitrogens is 1. The van der Waals surface area contributed by atoms with Gasteiger partial charge in [0.05, 0.1) is 6.61 Å². The summed E-state index contributed by atoms with van der Waals surface area (Å²) in [6.45, 7) is 1.56. The summed E-state index contributed by atoms with van der Waals surface area (Å²) in [7, 11) is 0. The number of ether oxygens (including phenoxy) is 1. The van der Waals surface area contributed by atoms with Crippen molar-refractivity contribution in [2.45, 2.75) is 6.92 Å². The van der Waals surface area contributed by atoms with Gasteiger partial charge in [0.1, 0.15) is 6.07 Å². The summed E-state index contributed by atoms with van der Waals surface area (Å²) in [6.07, 6.45) is 0. The van der Waals surface area contributed by atoms with Crippen molar-refractivity contribution in [3.05, 3.63) is 23.1 Å². The van der Waals surface area contributed by atoms with E-state index >= 15 is 0 Å². The molecular weight excluding hydrogens is 197 g/mol. The van der Waals surface area contributed by atoms with E-state index in [-0.39, 0.29) is 6.61 Å². The molecule has 0 spiro atoms. The maximum atomic E-state index is 12.9. The highest BCUT2D eigenvalue weighted by Crippen LogP contribution is 2.21. The zero-order chi connectivity index (χ0) is 10.7. The maximum absolute atomic E-state index is 12.9. The Morgan fingerprint density at radius 2 is 1.93 bits per heavy atom. The van der Waals surface area contributed by atoms with E-state index in [2.05, 4.69) is 9.72 Å². The van der Waals surface area contributed by atoms with Gasteiger partial charge < -0.3 is 4.74 Å². The molecule has 0 bridgehead atoms. The molecule has 0 N–H and O–H groups in total. The number of rotatable bonds is 2. The van der Waals surface area contributed by atoms with E-state index in [1.807, 2.05) is 0 Å². The SMILES string of the molecule is CCOc1nc(C#N)c(F)c(F)c1F. The van der Waals surface area contributed by atoms with Crippen LogP contribution in [0.25, 0.3) is 0 Å². The van der Waals surface area contributed by atoms with Gasteiger partial charge in [-0.1, -0.05) is 0 Å². The highest BCUT2D eigenvalue weighted by Gasteiger charge is 2.20. The van der Waals surface area contributed by atoms with Gasteiger partial charge in [0.25, 0.3) is 5.88 Å². The molecule has 0 atom stereocenters. The third kappa shape index (κ3) is 1.62. The summed E-state index contributed by atoms with van der Waals surface area (Å²) < 4.78 is 42.9. The van der Waals surface area contributed by atoms with Crippen molar-refractivity contribution in [1.82, 2.24) is 4.98 Å². The second-order valence-corrected chi connectivity index (χ2v) is 2.25. The first-order chi connectivity index (χ1) is 6.61. The number of nitrogens with zero attached hydrogens (tertiary/aromatic N) is 2. The van der Waals surface area contributed by atoms with Crippen molar-refractivity contribution >= 4 is 0 Å². The highest BCUT2D eigenvalue weighted by molar-refractivity contribution is 5.29. The highest BCUT2D eigenvalue weighted by atomic mass is 19.2. The molecule has 0 radical (unpaired) electrons. The molecule has 0 aliphatic rings. The number of halogens is 3. The summed E-state index contributed by atoms with van der Waals surface area (Å²) in [5.41, 5.74) is -0.827. The molecule has 0 aromatic carbocycles. The Kier molecular flexibility index (Phi) is 2.92. The Morgan fingerprint density at radius 3 is 2.43 bits per heavy atom. The van der Waals surface area contributed by atoms with Crippen LogP contribution in [0.3, 0.4) is 0 Å². The average Bonchev–Trinajstić information content (AvgIpc) is 2.19. The molecule has 1 aromatic rings. The molecular formula is C8H5F3N2O. The predicted octanol–water partition coefficient (Wildman–Crippen LogP) is 1.77. The van der Waals surface area contributed by atoms with Gasteiger partial charge in [-0.3, -0.25) is 0 Å². The molecule has 0 saturated heterocycles. The standard InChI is InChI=1S/C8H5F3N2O/c1-2-14-8-7(11)6(10)5(9)4(3-12)13-8/h2H2,1H3. The van der Waals surface area contributed by atoms with Crippen LogP contribution < -0.4 is 4.74 Å². The van der Waals surface area contributed by atoms with E-state index in [9.17, 15) is 13.2 Å². The Bertz CT molecular complexity index is 401. The van der Waals surface area contributed by atoms with Crippen LogP contribution >= 0.6 is 0 Å². The smallest absolute Gasteiger partial charge is 0.255 e. The zero-order valence-corrected chi connectivity index (χ0v) is 7.14. The molecule has 3 nitrogen and oxygen atoms in total. The van der Waals surface area contributed by atoms with Crippen molar-refractivity contribution in [2.24, 2.45) is 0 Å². The van der Waals surface area contributed by atoms with E-state index < -0.39 is 29.0 Å². The Balaban J connectivity index is 3.34. The lowest BCUT2D eigenvalue weighted by Gasteiger charge is -2.04. The lowest BCUT2D eigenvalue weighted by Crippen LogP contribution is -2.05. The van der Waals surface area contributed by atoms with Crippen LogP contribution in [0.5, 0.6) is 5.88 Å². The number of hydrogen-bond acceptors (Lipinski definition) is 3. The van der Waals surface area contributed by atoms with Gasteiger partial charge >= 0.3 is 0 Å². The van der Waals surface area contributed by atoms with Gasteiger partial charge in [0.2, 0.25) is 11.6 Å². The van der Waals surface area contributed by atoms with E-state index in [1.54, 1.807) is 0 Å². The predicted molar refractivity (Wildman–Crippen MR) is 40.0 cm³/mol. The Morgan fingerprint density at radius 1 is 1.29 bits per heavy atom. The Hall–Kier alpha value is -1.77. The van der Waals surface area contributed by atoms with Crippen molar-refractivity contribution in [3.63, 3.8) is 0 Å². The molecule has 6 heteroatoms. The van der Waals surface area contributed by atoms with Gasteiger partial charge in [-0.2, -0.15) is 14.6 Å². The van der Waals surface area contributed by atoms with Crippen LogP contribution in [0.4, 0.5) is 13.2 Å². The van der Waals surface area contributed by atoms with E-state index in [1.165, 1.54) is 13.0 Å². The van der Waals surface area contributed by atoms with Crippen molar-refractivity contribution in [1.29, 1.82) is 5.26 Å². The first-order valence-electron chi connectivity index (χ1n) is 3.69. The van der Waals surface area contributed by atoms with E-state index in [0.717, 1.165) is 0 Å². The number of pyridine rings is 1. The molecule has 14 heavy (non-hydrogen) atoms. The lowest BCUT2D eigenvalue weighted by molar-refractivity contribution is 0.293. The lowest BCUT2D eigenvalue weighted by atomic mass is 10.3. The second-order valence-electron chi connectivity index (χ2n) is 2.25. The van der Waals surface area contributed by atoms with Crippen molar-refractivity contribution < 1.29 is 17.9 Å².